The van der Waals surface area contributed by atoms with Crippen LogP contribution in [0.15, 0.2) is 114 Å². The largest absolute Gasteiger partial charge is 0.457 e. The minimum absolute atomic E-state index is 0.0632. The summed E-state index contributed by atoms with van der Waals surface area (Å²) in [7, 11) is -4.17. The topological polar surface area (TPSA) is 96.0 Å². The van der Waals surface area contributed by atoms with Crippen LogP contribution < -0.4 is 14.4 Å². The zero-order valence-electron chi connectivity index (χ0n) is 26.3. The van der Waals surface area contributed by atoms with Crippen molar-refractivity contribution in [2.45, 2.75) is 69.5 Å². The van der Waals surface area contributed by atoms with Crippen LogP contribution in [-0.2, 0) is 26.2 Å². The fourth-order valence-corrected chi connectivity index (χ4v) is 7.02. The molecule has 5 rings (SSSR count). The van der Waals surface area contributed by atoms with Gasteiger partial charge in [-0.2, -0.15) is 0 Å². The van der Waals surface area contributed by atoms with Crippen LogP contribution in [0.1, 0.15) is 50.2 Å². The van der Waals surface area contributed by atoms with E-state index in [2.05, 4.69) is 5.32 Å². The number of sulfonamides is 1. The molecule has 2 amide bonds. The maximum atomic E-state index is 14.2. The first-order chi connectivity index (χ1) is 22.2. The van der Waals surface area contributed by atoms with Crippen LogP contribution in [0.4, 0.5) is 5.69 Å². The predicted molar refractivity (Wildman–Crippen MR) is 180 cm³/mol. The molecule has 4 aromatic carbocycles. The van der Waals surface area contributed by atoms with Gasteiger partial charge < -0.3 is 15.0 Å². The standard InChI is InChI=1S/C37H41N3O5S/c1-28-18-24-35(25-19-28)46(43,44)40(32-20-22-34(23-21-32)45-33-16-10-5-11-17-33)27-36(41)39(26-30-12-6-3-7-13-30)29(2)37(42)38-31-14-8-4-9-15-31/h3,5-7,10-13,16-25,29,31H,4,8-9,14-15,26-27H2,1-2H3,(H,38,42). The molecular weight excluding hydrogens is 598 g/mol. The molecular formula is C37H41N3O5S. The highest BCUT2D eigenvalue weighted by Gasteiger charge is 2.33. The van der Waals surface area contributed by atoms with Gasteiger partial charge in [-0.05, 0) is 80.8 Å². The molecule has 0 bridgehead atoms. The molecule has 0 heterocycles. The summed E-state index contributed by atoms with van der Waals surface area (Å²) in [5, 5.41) is 3.13. The summed E-state index contributed by atoms with van der Waals surface area (Å²) in [4.78, 5) is 29.2. The highest BCUT2D eigenvalue weighted by Crippen LogP contribution is 2.29. The number of rotatable bonds is 12. The van der Waals surface area contributed by atoms with Gasteiger partial charge in [0.15, 0.2) is 0 Å². The molecule has 0 spiro atoms. The summed E-state index contributed by atoms with van der Waals surface area (Å²) in [5.41, 5.74) is 2.05. The predicted octanol–water partition coefficient (Wildman–Crippen LogP) is 6.85. The number of ether oxygens (including phenoxy) is 1. The van der Waals surface area contributed by atoms with Crippen LogP contribution in [0.3, 0.4) is 0 Å². The quantitative estimate of drug-likeness (QED) is 0.183. The van der Waals surface area contributed by atoms with Crippen molar-refractivity contribution in [3.63, 3.8) is 0 Å². The summed E-state index contributed by atoms with van der Waals surface area (Å²) in [6, 6.07) is 31.1. The van der Waals surface area contributed by atoms with Crippen molar-refractivity contribution in [3.8, 4) is 11.5 Å². The van der Waals surface area contributed by atoms with E-state index in [1.54, 1.807) is 43.3 Å². The molecule has 1 fully saturated rings. The Labute approximate surface area is 272 Å². The second kappa shape index (κ2) is 15.1. The Bertz CT molecular complexity index is 1690. The lowest BCUT2D eigenvalue weighted by atomic mass is 9.95. The zero-order valence-corrected chi connectivity index (χ0v) is 27.2. The molecule has 1 saturated carbocycles. The van der Waals surface area contributed by atoms with Crippen LogP contribution in [0, 0.1) is 6.92 Å². The SMILES string of the molecule is Cc1ccc(S(=O)(=O)N(CC(=O)N(Cc2ccccc2)C(C)C(=O)NC2CCCCC2)c2ccc(Oc3ccccc3)cc2)cc1. The number of carbonyl (C=O) groups excluding carboxylic acids is 2. The molecule has 1 aliphatic carbocycles. The van der Waals surface area contributed by atoms with E-state index in [1.807, 2.05) is 67.6 Å². The summed E-state index contributed by atoms with van der Waals surface area (Å²) >= 11 is 0. The first-order valence-electron chi connectivity index (χ1n) is 15.8. The number of amides is 2. The number of hydrogen-bond acceptors (Lipinski definition) is 5. The molecule has 1 aliphatic rings. The van der Waals surface area contributed by atoms with E-state index in [0.29, 0.717) is 17.2 Å². The van der Waals surface area contributed by atoms with Crippen LogP contribution >= 0.6 is 0 Å². The molecule has 0 saturated heterocycles. The molecule has 4 aromatic rings. The van der Waals surface area contributed by atoms with Crippen molar-refractivity contribution >= 4 is 27.5 Å². The maximum Gasteiger partial charge on any atom is 0.264 e. The molecule has 240 valence electrons. The third-order valence-electron chi connectivity index (χ3n) is 8.31. The number of para-hydroxylation sites is 1. The van der Waals surface area contributed by atoms with Gasteiger partial charge in [-0.15, -0.1) is 0 Å². The number of carbonyl (C=O) groups is 2. The lowest BCUT2D eigenvalue weighted by Crippen LogP contribution is -2.53. The molecule has 1 N–H and O–H groups in total. The van der Waals surface area contributed by atoms with Gasteiger partial charge in [-0.1, -0.05) is 85.5 Å². The van der Waals surface area contributed by atoms with Crippen molar-refractivity contribution < 1.29 is 22.7 Å². The Morgan fingerprint density at radius 2 is 1.39 bits per heavy atom. The highest BCUT2D eigenvalue weighted by molar-refractivity contribution is 7.92. The maximum absolute atomic E-state index is 14.2. The summed E-state index contributed by atoms with van der Waals surface area (Å²) in [5.74, 6) is 0.432. The zero-order chi connectivity index (χ0) is 32.5. The second-order valence-corrected chi connectivity index (χ2v) is 13.6. The number of hydrogen-bond donors (Lipinski definition) is 1. The van der Waals surface area contributed by atoms with Crippen LogP contribution in [-0.4, -0.2) is 43.8 Å². The van der Waals surface area contributed by atoms with Crippen molar-refractivity contribution in [1.82, 2.24) is 10.2 Å². The fourth-order valence-electron chi connectivity index (χ4n) is 5.60. The van der Waals surface area contributed by atoms with Gasteiger partial charge in [0.05, 0.1) is 10.6 Å². The number of nitrogens with one attached hydrogen (secondary N) is 1. The van der Waals surface area contributed by atoms with E-state index in [4.69, 9.17) is 4.74 Å². The minimum atomic E-state index is -4.17. The average molecular weight is 640 g/mol. The molecule has 8 nitrogen and oxygen atoms in total. The number of anilines is 1. The van der Waals surface area contributed by atoms with Gasteiger partial charge in [0.25, 0.3) is 10.0 Å². The van der Waals surface area contributed by atoms with Crippen molar-refractivity contribution in [2.24, 2.45) is 0 Å². The van der Waals surface area contributed by atoms with E-state index in [0.717, 1.165) is 47.5 Å². The van der Waals surface area contributed by atoms with E-state index >= 15 is 0 Å². The van der Waals surface area contributed by atoms with E-state index in [9.17, 15) is 18.0 Å². The lowest BCUT2D eigenvalue weighted by molar-refractivity contribution is -0.139. The molecule has 46 heavy (non-hydrogen) atoms. The van der Waals surface area contributed by atoms with Crippen molar-refractivity contribution in [2.75, 3.05) is 10.8 Å². The number of aryl methyl sites for hydroxylation is 1. The van der Waals surface area contributed by atoms with Gasteiger partial charge in [0, 0.05) is 12.6 Å². The van der Waals surface area contributed by atoms with Gasteiger partial charge in [0.1, 0.15) is 24.1 Å². The highest BCUT2D eigenvalue weighted by atomic mass is 32.2. The Balaban J connectivity index is 1.45. The molecule has 0 radical (unpaired) electrons. The summed E-state index contributed by atoms with van der Waals surface area (Å²) in [6.07, 6.45) is 5.11. The Kier molecular flexibility index (Phi) is 10.8. The third kappa shape index (κ3) is 8.34. The number of nitrogens with zero attached hydrogens (tertiary/aromatic N) is 2. The Hall–Kier alpha value is -4.63. The molecule has 0 aromatic heterocycles. The molecule has 9 heteroatoms. The molecule has 0 aliphatic heterocycles. The Morgan fingerprint density at radius 1 is 0.804 bits per heavy atom. The first-order valence-corrected chi connectivity index (χ1v) is 17.2. The van der Waals surface area contributed by atoms with Gasteiger partial charge in [-0.3, -0.25) is 13.9 Å². The average Bonchev–Trinajstić information content (AvgIpc) is 3.07. The van der Waals surface area contributed by atoms with Crippen LogP contribution in [0.2, 0.25) is 0 Å². The normalized spacial score (nSPS) is 14.2. The Morgan fingerprint density at radius 3 is 2.02 bits per heavy atom. The van der Waals surface area contributed by atoms with E-state index in [-0.39, 0.29) is 23.4 Å². The minimum Gasteiger partial charge on any atom is -0.457 e. The number of benzene rings is 4. The molecule has 1 unspecified atom stereocenters. The van der Waals surface area contributed by atoms with E-state index < -0.39 is 28.5 Å². The smallest absolute Gasteiger partial charge is 0.264 e. The van der Waals surface area contributed by atoms with Gasteiger partial charge in [0.2, 0.25) is 11.8 Å². The lowest BCUT2D eigenvalue weighted by Gasteiger charge is -2.33. The van der Waals surface area contributed by atoms with Crippen LogP contribution in [0.5, 0.6) is 11.5 Å². The molecule has 1 atom stereocenters. The van der Waals surface area contributed by atoms with E-state index in [1.165, 1.54) is 17.0 Å². The third-order valence-corrected chi connectivity index (χ3v) is 10.1. The summed E-state index contributed by atoms with van der Waals surface area (Å²) < 4.78 is 35.3. The van der Waals surface area contributed by atoms with Crippen LogP contribution in [0.25, 0.3) is 0 Å². The fraction of sp³-hybridized carbons (Fsp3) is 0.297. The van der Waals surface area contributed by atoms with Crippen molar-refractivity contribution in [3.05, 3.63) is 120 Å². The second-order valence-electron chi connectivity index (χ2n) is 11.8. The first kappa shape index (κ1) is 32.8. The summed E-state index contributed by atoms with van der Waals surface area (Å²) in [6.45, 7) is 3.24. The van der Waals surface area contributed by atoms with Gasteiger partial charge in [-0.25, -0.2) is 8.42 Å². The monoisotopic (exact) mass is 639 g/mol. The van der Waals surface area contributed by atoms with Gasteiger partial charge >= 0.3 is 0 Å². The van der Waals surface area contributed by atoms with Crippen molar-refractivity contribution in [1.29, 1.82) is 0 Å².